The maximum Gasteiger partial charge on any atom is 0.326 e. The van der Waals surface area contributed by atoms with Gasteiger partial charge >= 0.3 is 6.03 Å². The topological polar surface area (TPSA) is 78.5 Å². The highest BCUT2D eigenvalue weighted by Gasteiger charge is 2.15. The van der Waals surface area contributed by atoms with Crippen LogP contribution in [0.2, 0.25) is 0 Å². The summed E-state index contributed by atoms with van der Waals surface area (Å²) in [6, 6.07) is 13.7. The van der Waals surface area contributed by atoms with E-state index in [0.29, 0.717) is 24.1 Å². The smallest absolute Gasteiger partial charge is 0.309 e. The third kappa shape index (κ3) is 10.2. The molecule has 6 nitrogen and oxygen atoms in total. The van der Waals surface area contributed by atoms with E-state index in [1.807, 2.05) is 38.4 Å². The van der Waals surface area contributed by atoms with Gasteiger partial charge < -0.3 is 10.2 Å². The minimum Gasteiger partial charge on any atom is -0.309 e. The molecule has 0 bridgehead atoms. The van der Waals surface area contributed by atoms with Crippen molar-refractivity contribution < 1.29 is 14.4 Å². The van der Waals surface area contributed by atoms with Crippen LogP contribution in [0.5, 0.6) is 0 Å². The number of hydrogen-bond donors (Lipinski definition) is 2. The van der Waals surface area contributed by atoms with Crippen molar-refractivity contribution in [3.05, 3.63) is 65.2 Å². The Morgan fingerprint density at radius 1 is 0.879 bits per heavy atom. The van der Waals surface area contributed by atoms with E-state index in [0.717, 1.165) is 30.5 Å². The zero-order valence-corrected chi connectivity index (χ0v) is 21.1. The van der Waals surface area contributed by atoms with Crippen molar-refractivity contribution in [1.82, 2.24) is 10.2 Å². The van der Waals surface area contributed by atoms with E-state index < -0.39 is 11.9 Å². The number of urea groups is 1. The fourth-order valence-corrected chi connectivity index (χ4v) is 3.23. The SMILES string of the molecule is CN(C)CCCCC(=O)Cc1ccc(NC(=O)NC(=O)c2ccc(C(C)(C)C)cc2)cc1.Cl. The van der Waals surface area contributed by atoms with E-state index in [1.165, 1.54) is 0 Å². The molecule has 0 aliphatic heterocycles. The van der Waals surface area contributed by atoms with E-state index >= 15 is 0 Å². The van der Waals surface area contributed by atoms with E-state index in [2.05, 4.69) is 36.3 Å². The van der Waals surface area contributed by atoms with Crippen molar-refractivity contribution in [3.63, 3.8) is 0 Å². The predicted octanol–water partition coefficient (Wildman–Crippen LogP) is 5.21. The van der Waals surface area contributed by atoms with Gasteiger partial charge in [0.15, 0.2) is 0 Å². The van der Waals surface area contributed by atoms with Crippen molar-refractivity contribution in [3.8, 4) is 0 Å². The maximum absolute atomic E-state index is 12.3. The van der Waals surface area contributed by atoms with Crippen LogP contribution in [0.25, 0.3) is 0 Å². The van der Waals surface area contributed by atoms with Crippen molar-refractivity contribution in [2.45, 2.75) is 51.9 Å². The molecule has 0 heterocycles. The van der Waals surface area contributed by atoms with Gasteiger partial charge in [0.2, 0.25) is 0 Å². The van der Waals surface area contributed by atoms with Crippen LogP contribution in [0.15, 0.2) is 48.5 Å². The summed E-state index contributed by atoms with van der Waals surface area (Å²) in [5.41, 5.74) is 3.00. The molecule has 2 rings (SSSR count). The third-order valence-electron chi connectivity index (χ3n) is 5.16. The van der Waals surface area contributed by atoms with Crippen molar-refractivity contribution in [2.24, 2.45) is 0 Å². The van der Waals surface area contributed by atoms with Crippen LogP contribution in [0.4, 0.5) is 10.5 Å². The molecule has 3 amide bonds. The molecule has 180 valence electrons. The minimum atomic E-state index is -0.598. The monoisotopic (exact) mass is 473 g/mol. The lowest BCUT2D eigenvalue weighted by Gasteiger charge is -2.19. The van der Waals surface area contributed by atoms with Gasteiger partial charge in [0, 0.05) is 24.1 Å². The second-order valence-electron chi connectivity index (χ2n) is 9.41. The third-order valence-corrected chi connectivity index (χ3v) is 5.16. The van der Waals surface area contributed by atoms with E-state index in [9.17, 15) is 14.4 Å². The number of benzene rings is 2. The predicted molar refractivity (Wildman–Crippen MR) is 136 cm³/mol. The molecule has 0 unspecified atom stereocenters. The fraction of sp³-hybridized carbons (Fsp3) is 0.423. The highest BCUT2D eigenvalue weighted by Crippen LogP contribution is 2.22. The Kier molecular flexibility index (Phi) is 11.3. The summed E-state index contributed by atoms with van der Waals surface area (Å²) in [6.45, 7) is 7.29. The Morgan fingerprint density at radius 2 is 1.48 bits per heavy atom. The highest BCUT2D eigenvalue weighted by molar-refractivity contribution is 6.08. The van der Waals surface area contributed by atoms with Crippen LogP contribution in [0.3, 0.4) is 0 Å². The number of carbonyl (C=O) groups is 3. The van der Waals surface area contributed by atoms with Crippen molar-refractivity contribution >= 4 is 35.8 Å². The lowest BCUT2D eigenvalue weighted by Crippen LogP contribution is -2.34. The van der Waals surface area contributed by atoms with Gasteiger partial charge in [0.25, 0.3) is 5.91 Å². The normalized spacial score (nSPS) is 11.0. The molecule has 0 aromatic heterocycles. The summed E-state index contributed by atoms with van der Waals surface area (Å²) in [4.78, 5) is 38.7. The van der Waals surface area contributed by atoms with E-state index in [-0.39, 0.29) is 23.6 Å². The number of nitrogens with one attached hydrogen (secondary N) is 2. The molecule has 0 saturated carbocycles. The molecule has 2 aromatic rings. The van der Waals surface area contributed by atoms with Crippen molar-refractivity contribution in [2.75, 3.05) is 26.0 Å². The minimum absolute atomic E-state index is 0. The molecular weight excluding hydrogens is 438 g/mol. The number of ketones is 1. The molecule has 0 radical (unpaired) electrons. The molecule has 0 aliphatic rings. The van der Waals surface area contributed by atoms with Crippen LogP contribution in [0, 0.1) is 0 Å². The van der Waals surface area contributed by atoms with Crippen molar-refractivity contribution in [1.29, 1.82) is 0 Å². The summed E-state index contributed by atoms with van der Waals surface area (Å²) in [5.74, 6) is -0.246. The lowest BCUT2D eigenvalue weighted by molar-refractivity contribution is -0.118. The van der Waals surface area contributed by atoms with Gasteiger partial charge in [-0.25, -0.2) is 4.79 Å². The molecule has 7 heteroatoms. The number of rotatable bonds is 9. The maximum atomic E-state index is 12.3. The summed E-state index contributed by atoms with van der Waals surface area (Å²) < 4.78 is 0. The zero-order valence-electron chi connectivity index (χ0n) is 20.2. The van der Waals surface area contributed by atoms with Gasteiger partial charge in [0.05, 0.1) is 0 Å². The summed E-state index contributed by atoms with van der Waals surface area (Å²) in [5, 5.41) is 4.99. The van der Waals surface area contributed by atoms with Gasteiger partial charge in [-0.3, -0.25) is 14.9 Å². The zero-order chi connectivity index (χ0) is 23.7. The number of Topliss-reactive ketones (excluding diaryl/α,β-unsaturated/α-hetero) is 1. The lowest BCUT2D eigenvalue weighted by atomic mass is 9.87. The van der Waals surface area contributed by atoms with Gasteiger partial charge in [-0.1, -0.05) is 45.0 Å². The van der Waals surface area contributed by atoms with Gasteiger partial charge in [-0.05, 0) is 74.3 Å². The van der Waals surface area contributed by atoms with Crippen LogP contribution < -0.4 is 10.6 Å². The van der Waals surface area contributed by atoms with Gasteiger partial charge in [0.1, 0.15) is 5.78 Å². The van der Waals surface area contributed by atoms with Gasteiger partial charge in [-0.15, -0.1) is 12.4 Å². The highest BCUT2D eigenvalue weighted by atomic mass is 35.5. The van der Waals surface area contributed by atoms with E-state index in [1.54, 1.807) is 24.3 Å². The molecule has 0 aliphatic carbocycles. The number of nitrogens with zero attached hydrogens (tertiary/aromatic N) is 1. The number of halogens is 1. The first-order valence-electron chi connectivity index (χ1n) is 11.0. The molecule has 2 aromatic carbocycles. The number of anilines is 1. The summed E-state index contributed by atoms with van der Waals surface area (Å²) in [7, 11) is 4.05. The fourth-order valence-electron chi connectivity index (χ4n) is 3.23. The van der Waals surface area contributed by atoms with Crippen LogP contribution in [-0.4, -0.2) is 43.3 Å². The number of amides is 3. The van der Waals surface area contributed by atoms with E-state index in [4.69, 9.17) is 0 Å². The molecule has 0 saturated heterocycles. The summed E-state index contributed by atoms with van der Waals surface area (Å²) >= 11 is 0. The molecular formula is C26H36ClN3O3. The van der Waals surface area contributed by atoms with Crippen LogP contribution >= 0.6 is 12.4 Å². The molecule has 0 atom stereocenters. The first-order valence-corrected chi connectivity index (χ1v) is 11.0. The first-order chi connectivity index (χ1) is 15.0. The quantitative estimate of drug-likeness (QED) is 0.490. The Balaban J connectivity index is 0.00000544. The summed E-state index contributed by atoms with van der Waals surface area (Å²) in [6.07, 6.45) is 2.87. The number of imide groups is 1. The second-order valence-corrected chi connectivity index (χ2v) is 9.41. The Labute approximate surface area is 203 Å². The number of unbranched alkanes of at least 4 members (excludes halogenated alkanes) is 1. The van der Waals surface area contributed by atoms with Crippen LogP contribution in [0.1, 0.15) is 61.5 Å². The van der Waals surface area contributed by atoms with Crippen LogP contribution in [-0.2, 0) is 16.6 Å². The molecule has 0 fully saturated rings. The average molecular weight is 474 g/mol. The Hall–Kier alpha value is -2.70. The standard InChI is InChI=1S/C26H35N3O3.ClH/c1-26(2,3)21-13-11-20(12-14-21)24(31)28-25(32)27-22-15-9-19(10-16-22)18-23(30)8-6-7-17-29(4)5;/h9-16H,6-8,17-18H2,1-5H3,(H2,27,28,31,32);1H. The Bertz CT molecular complexity index is 917. The molecule has 2 N–H and O–H groups in total. The second kappa shape index (κ2) is 13.1. The number of hydrogen-bond acceptors (Lipinski definition) is 4. The largest absolute Gasteiger partial charge is 0.326 e. The molecule has 0 spiro atoms. The average Bonchev–Trinajstić information content (AvgIpc) is 2.72. The first kappa shape index (κ1) is 28.3. The molecule has 33 heavy (non-hydrogen) atoms. The number of carbonyl (C=O) groups excluding carboxylic acids is 3. The Morgan fingerprint density at radius 3 is 2.03 bits per heavy atom. The van der Waals surface area contributed by atoms with Gasteiger partial charge in [-0.2, -0.15) is 0 Å².